The molecule has 0 fully saturated rings. The largest absolute Gasteiger partial charge is 0.493 e. The summed E-state index contributed by atoms with van der Waals surface area (Å²) in [6.07, 6.45) is 0.826. The number of methoxy groups -OCH3 is 2. The number of amides is 3. The monoisotopic (exact) mass is 520 g/mol. The molecule has 0 aliphatic heterocycles. The van der Waals surface area contributed by atoms with E-state index in [0.717, 1.165) is 5.56 Å². The number of nitro benzene ring substituents is 1. The van der Waals surface area contributed by atoms with Crippen LogP contribution in [0, 0.1) is 10.1 Å². The van der Waals surface area contributed by atoms with Gasteiger partial charge in [0.25, 0.3) is 5.69 Å². The molecule has 0 aliphatic rings. The molecule has 0 saturated carbocycles. The maximum Gasteiger partial charge on any atom is 0.323 e. The molecule has 1 atom stereocenters. The topological polar surface area (TPSA) is 163 Å². The van der Waals surface area contributed by atoms with Crippen LogP contribution in [-0.4, -0.2) is 36.9 Å². The van der Waals surface area contributed by atoms with Gasteiger partial charge in [0.1, 0.15) is 0 Å². The minimum absolute atomic E-state index is 0.0752. The fourth-order valence-electron chi connectivity index (χ4n) is 3.96. The number of hydrogen-bond acceptors (Lipinski definition) is 7. The second kappa shape index (κ2) is 12.3. The van der Waals surface area contributed by atoms with E-state index in [1.165, 1.54) is 45.4 Å². The molecule has 0 bridgehead atoms. The van der Waals surface area contributed by atoms with Crippen LogP contribution in [0.3, 0.4) is 0 Å². The molecular formula is C27H28N4O7. The third kappa shape index (κ3) is 6.84. The number of urea groups is 1. The van der Waals surface area contributed by atoms with E-state index in [4.69, 9.17) is 15.2 Å². The molecule has 1 unspecified atom stereocenters. The maximum atomic E-state index is 12.4. The van der Waals surface area contributed by atoms with Crippen molar-refractivity contribution in [2.75, 3.05) is 24.9 Å². The smallest absolute Gasteiger partial charge is 0.323 e. The highest BCUT2D eigenvalue weighted by Crippen LogP contribution is 2.36. The van der Waals surface area contributed by atoms with Crippen molar-refractivity contribution in [3.63, 3.8) is 0 Å². The number of nitrogens with one attached hydrogen (secondary N) is 2. The van der Waals surface area contributed by atoms with Gasteiger partial charge < -0.3 is 25.8 Å². The zero-order valence-corrected chi connectivity index (χ0v) is 21.1. The van der Waals surface area contributed by atoms with Crippen molar-refractivity contribution < 1.29 is 28.8 Å². The molecule has 3 amide bonds. The number of ketones is 1. The lowest BCUT2D eigenvalue weighted by Gasteiger charge is -2.19. The summed E-state index contributed by atoms with van der Waals surface area (Å²) >= 11 is 0. The minimum Gasteiger partial charge on any atom is -0.493 e. The Bertz CT molecular complexity index is 1340. The number of benzene rings is 3. The predicted molar refractivity (Wildman–Crippen MR) is 142 cm³/mol. The Morgan fingerprint density at radius 2 is 1.45 bits per heavy atom. The SMILES string of the molecule is COc1cc(C(C)=O)c(C(CCc2ccc(NC(=O)Nc3ccc([N+](=O)[O-])cc3)cc2)C(N)=O)cc1OC. The first-order valence-electron chi connectivity index (χ1n) is 11.6. The van der Waals surface area contributed by atoms with Gasteiger partial charge in [-0.3, -0.25) is 19.7 Å². The molecule has 0 saturated heterocycles. The fraction of sp³-hybridized carbons (Fsp3) is 0.222. The van der Waals surface area contributed by atoms with E-state index in [-0.39, 0.29) is 11.5 Å². The Labute approximate surface area is 219 Å². The summed E-state index contributed by atoms with van der Waals surface area (Å²) in [4.78, 5) is 47.2. The van der Waals surface area contributed by atoms with Crippen LogP contribution in [0.4, 0.5) is 21.9 Å². The van der Waals surface area contributed by atoms with Crippen molar-refractivity contribution in [2.45, 2.75) is 25.7 Å². The maximum absolute atomic E-state index is 12.4. The van der Waals surface area contributed by atoms with Crippen molar-refractivity contribution in [3.8, 4) is 11.5 Å². The summed E-state index contributed by atoms with van der Waals surface area (Å²) < 4.78 is 10.6. The quantitative estimate of drug-likeness (QED) is 0.188. The van der Waals surface area contributed by atoms with Gasteiger partial charge in [-0.25, -0.2) is 4.79 Å². The summed E-state index contributed by atoms with van der Waals surface area (Å²) in [7, 11) is 2.93. The number of Topliss-reactive ketones (excluding diaryl/α,β-unsaturated/α-hetero) is 1. The number of primary amides is 1. The number of nitro groups is 1. The Morgan fingerprint density at radius 1 is 0.921 bits per heavy atom. The number of carbonyl (C=O) groups is 3. The molecule has 11 nitrogen and oxygen atoms in total. The average Bonchev–Trinajstić information content (AvgIpc) is 2.89. The van der Waals surface area contributed by atoms with Gasteiger partial charge in [-0.1, -0.05) is 12.1 Å². The highest BCUT2D eigenvalue weighted by molar-refractivity contribution is 6.00. The van der Waals surface area contributed by atoms with E-state index in [9.17, 15) is 24.5 Å². The third-order valence-corrected chi connectivity index (χ3v) is 5.92. The van der Waals surface area contributed by atoms with Gasteiger partial charge in [0, 0.05) is 29.1 Å². The highest BCUT2D eigenvalue weighted by atomic mass is 16.6. The Kier molecular flexibility index (Phi) is 8.99. The second-order valence-electron chi connectivity index (χ2n) is 8.42. The van der Waals surface area contributed by atoms with Crippen LogP contribution in [0.1, 0.15) is 40.7 Å². The molecule has 0 heterocycles. The van der Waals surface area contributed by atoms with E-state index in [1.807, 2.05) is 0 Å². The average molecular weight is 521 g/mol. The first-order chi connectivity index (χ1) is 18.1. The van der Waals surface area contributed by atoms with E-state index in [1.54, 1.807) is 36.4 Å². The Morgan fingerprint density at radius 3 is 1.92 bits per heavy atom. The van der Waals surface area contributed by atoms with Crippen molar-refractivity contribution in [2.24, 2.45) is 5.73 Å². The normalized spacial score (nSPS) is 11.2. The number of nitrogens with zero attached hydrogens (tertiary/aromatic N) is 1. The standard InChI is InChI=1S/C27H28N4O7/c1-16(32)22-14-24(37-2)25(38-3)15-23(22)21(26(28)33)13-6-17-4-7-18(8-5-17)29-27(34)30-19-9-11-20(12-10-19)31(35)36/h4-5,7-12,14-15,21H,6,13H2,1-3H3,(H2,28,33)(H2,29,30,34). The van der Waals surface area contributed by atoms with Crippen molar-refractivity contribution in [1.29, 1.82) is 0 Å². The number of carbonyl (C=O) groups excluding carboxylic acids is 3. The molecule has 3 aromatic rings. The molecule has 38 heavy (non-hydrogen) atoms. The molecule has 11 heteroatoms. The summed E-state index contributed by atoms with van der Waals surface area (Å²) in [6, 6.07) is 15.2. The predicted octanol–water partition coefficient (Wildman–Crippen LogP) is 4.66. The number of rotatable bonds is 11. The summed E-state index contributed by atoms with van der Waals surface area (Å²) in [5.74, 6) is -0.763. The van der Waals surface area contributed by atoms with Crippen LogP contribution in [0.5, 0.6) is 11.5 Å². The lowest BCUT2D eigenvalue weighted by atomic mass is 9.87. The second-order valence-corrected chi connectivity index (χ2v) is 8.42. The molecule has 4 N–H and O–H groups in total. The van der Waals surface area contributed by atoms with Gasteiger partial charge in [-0.05, 0) is 67.3 Å². The molecule has 0 aromatic heterocycles. The first kappa shape index (κ1) is 27.7. The van der Waals surface area contributed by atoms with Crippen LogP contribution >= 0.6 is 0 Å². The zero-order valence-electron chi connectivity index (χ0n) is 21.1. The molecule has 3 aromatic carbocycles. The van der Waals surface area contributed by atoms with E-state index >= 15 is 0 Å². The van der Waals surface area contributed by atoms with Crippen LogP contribution in [0.2, 0.25) is 0 Å². The summed E-state index contributed by atoms with van der Waals surface area (Å²) in [5.41, 5.74) is 8.28. The number of nitrogens with two attached hydrogens (primary N) is 1. The molecule has 0 spiro atoms. The van der Waals surface area contributed by atoms with Gasteiger partial charge >= 0.3 is 6.03 Å². The Balaban J connectivity index is 1.67. The van der Waals surface area contributed by atoms with Crippen LogP contribution < -0.4 is 25.8 Å². The van der Waals surface area contributed by atoms with Gasteiger partial charge in [0.2, 0.25) is 5.91 Å². The fourth-order valence-corrected chi connectivity index (χ4v) is 3.96. The lowest BCUT2D eigenvalue weighted by molar-refractivity contribution is -0.384. The third-order valence-electron chi connectivity index (χ3n) is 5.92. The van der Waals surface area contributed by atoms with Gasteiger partial charge in [0.05, 0.1) is 25.1 Å². The van der Waals surface area contributed by atoms with Crippen LogP contribution in [-0.2, 0) is 11.2 Å². The number of aryl methyl sites for hydroxylation is 1. The van der Waals surface area contributed by atoms with Crippen molar-refractivity contribution in [1.82, 2.24) is 0 Å². The number of anilines is 2. The molecule has 0 aliphatic carbocycles. The van der Waals surface area contributed by atoms with Crippen LogP contribution in [0.25, 0.3) is 0 Å². The number of non-ortho nitro benzene ring substituents is 1. The highest BCUT2D eigenvalue weighted by Gasteiger charge is 2.25. The lowest BCUT2D eigenvalue weighted by Crippen LogP contribution is -2.24. The van der Waals surface area contributed by atoms with E-state index in [2.05, 4.69) is 10.6 Å². The first-order valence-corrected chi connectivity index (χ1v) is 11.6. The van der Waals surface area contributed by atoms with Crippen molar-refractivity contribution >= 4 is 34.8 Å². The Hall–Kier alpha value is -4.93. The zero-order chi connectivity index (χ0) is 27.8. The van der Waals surface area contributed by atoms with Gasteiger partial charge in [-0.2, -0.15) is 0 Å². The minimum atomic E-state index is -0.737. The molecular weight excluding hydrogens is 492 g/mol. The van der Waals surface area contributed by atoms with Crippen LogP contribution in [0.15, 0.2) is 60.7 Å². The summed E-state index contributed by atoms with van der Waals surface area (Å²) in [5, 5.41) is 16.0. The number of ether oxygens (including phenoxy) is 2. The summed E-state index contributed by atoms with van der Waals surface area (Å²) in [6.45, 7) is 1.41. The van der Waals surface area contributed by atoms with E-state index < -0.39 is 22.8 Å². The molecule has 0 radical (unpaired) electrons. The molecule has 3 rings (SSSR count). The van der Waals surface area contributed by atoms with Crippen molar-refractivity contribution in [3.05, 3.63) is 87.5 Å². The van der Waals surface area contributed by atoms with Gasteiger partial charge in [0.15, 0.2) is 17.3 Å². The number of hydrogen-bond donors (Lipinski definition) is 3. The van der Waals surface area contributed by atoms with Gasteiger partial charge in [-0.15, -0.1) is 0 Å². The van der Waals surface area contributed by atoms with E-state index in [0.29, 0.717) is 46.8 Å². The molecule has 198 valence electrons.